The van der Waals surface area contributed by atoms with Crippen LogP contribution in [0.15, 0.2) is 17.3 Å². The van der Waals surface area contributed by atoms with E-state index >= 15 is 0 Å². The van der Waals surface area contributed by atoms with Gasteiger partial charge in [0, 0.05) is 18.8 Å². The molecule has 0 aliphatic heterocycles. The summed E-state index contributed by atoms with van der Waals surface area (Å²) < 4.78 is 0. The maximum absolute atomic E-state index is 4.63. The van der Waals surface area contributed by atoms with Gasteiger partial charge in [-0.2, -0.15) is 5.10 Å². The van der Waals surface area contributed by atoms with Crippen molar-refractivity contribution >= 4 is 5.96 Å². The number of aromatic nitrogens is 2. The third-order valence-corrected chi connectivity index (χ3v) is 4.37. The Morgan fingerprint density at radius 2 is 2.14 bits per heavy atom. The SMILES string of the molecule is CCNC(=NCc1ccn[nH]1)NC1CCC(C(C)C)CC1. The molecule has 1 aliphatic rings. The first kappa shape index (κ1) is 15.9. The Balaban J connectivity index is 1.84. The second kappa shape index (κ2) is 8.05. The minimum absolute atomic E-state index is 0.555. The van der Waals surface area contributed by atoms with Gasteiger partial charge in [-0.05, 0) is 50.5 Å². The van der Waals surface area contributed by atoms with E-state index in [1.165, 1.54) is 25.7 Å². The van der Waals surface area contributed by atoms with Gasteiger partial charge in [-0.25, -0.2) is 4.99 Å². The van der Waals surface area contributed by atoms with E-state index in [4.69, 9.17) is 0 Å². The van der Waals surface area contributed by atoms with E-state index in [1.54, 1.807) is 6.20 Å². The Bertz CT molecular complexity index is 416. The number of aromatic amines is 1. The standard InChI is InChI=1S/C16H29N5/c1-4-17-16(18-11-15-9-10-19-21-15)20-14-7-5-13(6-8-14)12(2)3/h9-10,12-14H,4-8,11H2,1-3H3,(H,19,21)(H2,17,18,20). The molecule has 21 heavy (non-hydrogen) atoms. The molecule has 2 rings (SSSR count). The van der Waals surface area contributed by atoms with Crippen LogP contribution in [0.2, 0.25) is 0 Å². The molecule has 1 aromatic rings. The smallest absolute Gasteiger partial charge is 0.191 e. The number of nitrogens with one attached hydrogen (secondary N) is 3. The van der Waals surface area contributed by atoms with Crippen molar-refractivity contribution in [3.05, 3.63) is 18.0 Å². The highest BCUT2D eigenvalue weighted by Gasteiger charge is 2.23. The third kappa shape index (κ3) is 5.06. The molecule has 0 saturated heterocycles. The van der Waals surface area contributed by atoms with Gasteiger partial charge in [-0.15, -0.1) is 0 Å². The first-order chi connectivity index (χ1) is 10.2. The molecule has 1 heterocycles. The fourth-order valence-electron chi connectivity index (χ4n) is 2.98. The van der Waals surface area contributed by atoms with E-state index in [9.17, 15) is 0 Å². The quantitative estimate of drug-likeness (QED) is 0.577. The predicted octanol–water partition coefficient (Wildman–Crippen LogP) is 2.68. The van der Waals surface area contributed by atoms with Crippen molar-refractivity contribution in [3.63, 3.8) is 0 Å². The Labute approximate surface area is 128 Å². The molecule has 0 aromatic carbocycles. The monoisotopic (exact) mass is 291 g/mol. The summed E-state index contributed by atoms with van der Waals surface area (Å²) in [6, 6.07) is 2.51. The summed E-state index contributed by atoms with van der Waals surface area (Å²) in [5, 5.41) is 13.8. The van der Waals surface area contributed by atoms with E-state index in [2.05, 4.69) is 46.6 Å². The van der Waals surface area contributed by atoms with Crippen LogP contribution in [0.25, 0.3) is 0 Å². The Hall–Kier alpha value is -1.52. The molecule has 1 saturated carbocycles. The summed E-state index contributed by atoms with van der Waals surface area (Å²) in [5.41, 5.74) is 1.04. The van der Waals surface area contributed by atoms with Crippen LogP contribution in [-0.2, 0) is 6.54 Å². The van der Waals surface area contributed by atoms with Crippen molar-refractivity contribution < 1.29 is 0 Å². The van der Waals surface area contributed by atoms with Crippen LogP contribution in [-0.4, -0.2) is 28.7 Å². The summed E-state index contributed by atoms with van der Waals surface area (Å²) in [6.45, 7) is 8.30. The Kier molecular flexibility index (Phi) is 6.08. The number of hydrogen-bond acceptors (Lipinski definition) is 2. The van der Waals surface area contributed by atoms with Gasteiger partial charge in [0.15, 0.2) is 5.96 Å². The molecule has 3 N–H and O–H groups in total. The molecule has 0 amide bonds. The van der Waals surface area contributed by atoms with Crippen LogP contribution in [0.3, 0.4) is 0 Å². The summed E-state index contributed by atoms with van der Waals surface area (Å²) in [7, 11) is 0. The summed E-state index contributed by atoms with van der Waals surface area (Å²) >= 11 is 0. The molecule has 0 unspecified atom stereocenters. The predicted molar refractivity (Wildman–Crippen MR) is 87.1 cm³/mol. The van der Waals surface area contributed by atoms with E-state index < -0.39 is 0 Å². The van der Waals surface area contributed by atoms with Gasteiger partial charge in [0.1, 0.15) is 0 Å². The van der Waals surface area contributed by atoms with E-state index in [1.807, 2.05) is 6.07 Å². The first-order valence-electron chi connectivity index (χ1n) is 8.22. The number of hydrogen-bond donors (Lipinski definition) is 3. The van der Waals surface area contributed by atoms with Gasteiger partial charge < -0.3 is 10.6 Å². The summed E-state index contributed by atoms with van der Waals surface area (Å²) in [5.74, 6) is 2.63. The van der Waals surface area contributed by atoms with Crippen molar-refractivity contribution in [2.24, 2.45) is 16.8 Å². The van der Waals surface area contributed by atoms with Gasteiger partial charge in [0.2, 0.25) is 0 Å². The number of H-pyrrole nitrogens is 1. The molecular formula is C16H29N5. The minimum Gasteiger partial charge on any atom is -0.357 e. The second-order valence-corrected chi connectivity index (χ2v) is 6.28. The molecule has 5 heteroatoms. The largest absolute Gasteiger partial charge is 0.357 e. The van der Waals surface area contributed by atoms with Crippen molar-refractivity contribution in [3.8, 4) is 0 Å². The van der Waals surface area contributed by atoms with Crippen molar-refractivity contribution in [2.45, 2.75) is 59.0 Å². The van der Waals surface area contributed by atoms with Crippen LogP contribution in [0.5, 0.6) is 0 Å². The Morgan fingerprint density at radius 3 is 2.71 bits per heavy atom. The Morgan fingerprint density at radius 1 is 1.38 bits per heavy atom. The number of guanidine groups is 1. The molecule has 1 fully saturated rings. The average molecular weight is 291 g/mol. The van der Waals surface area contributed by atoms with Gasteiger partial charge >= 0.3 is 0 Å². The lowest BCUT2D eigenvalue weighted by Crippen LogP contribution is -2.45. The summed E-state index contributed by atoms with van der Waals surface area (Å²) in [6.07, 6.45) is 6.91. The fourth-order valence-corrected chi connectivity index (χ4v) is 2.98. The lowest BCUT2D eigenvalue weighted by atomic mass is 9.80. The molecule has 118 valence electrons. The average Bonchev–Trinajstić information content (AvgIpc) is 2.99. The van der Waals surface area contributed by atoms with E-state index in [0.29, 0.717) is 12.6 Å². The molecule has 1 aliphatic carbocycles. The van der Waals surface area contributed by atoms with E-state index in [-0.39, 0.29) is 0 Å². The highest BCUT2D eigenvalue weighted by Crippen LogP contribution is 2.29. The van der Waals surface area contributed by atoms with Gasteiger partial charge in [0.25, 0.3) is 0 Å². The molecule has 1 aromatic heterocycles. The van der Waals surface area contributed by atoms with Crippen molar-refractivity contribution in [1.29, 1.82) is 0 Å². The molecule has 0 radical (unpaired) electrons. The zero-order valence-electron chi connectivity index (χ0n) is 13.5. The first-order valence-corrected chi connectivity index (χ1v) is 8.22. The zero-order valence-corrected chi connectivity index (χ0v) is 13.5. The highest BCUT2D eigenvalue weighted by atomic mass is 15.2. The zero-order chi connectivity index (χ0) is 15.1. The van der Waals surface area contributed by atoms with E-state index in [0.717, 1.165) is 30.0 Å². The molecule has 0 spiro atoms. The van der Waals surface area contributed by atoms with Crippen LogP contribution >= 0.6 is 0 Å². The second-order valence-electron chi connectivity index (χ2n) is 6.28. The van der Waals surface area contributed by atoms with Crippen LogP contribution in [0, 0.1) is 11.8 Å². The van der Waals surface area contributed by atoms with Gasteiger partial charge in [-0.1, -0.05) is 13.8 Å². The van der Waals surface area contributed by atoms with Crippen molar-refractivity contribution in [2.75, 3.05) is 6.54 Å². The lowest BCUT2D eigenvalue weighted by molar-refractivity contribution is 0.250. The molecule has 0 atom stereocenters. The maximum atomic E-state index is 4.63. The normalized spacial score (nSPS) is 23.3. The highest BCUT2D eigenvalue weighted by molar-refractivity contribution is 5.80. The van der Waals surface area contributed by atoms with Gasteiger partial charge in [0.05, 0.1) is 12.2 Å². The molecular weight excluding hydrogens is 262 g/mol. The maximum Gasteiger partial charge on any atom is 0.191 e. The number of rotatable bonds is 5. The topological polar surface area (TPSA) is 65.1 Å². The number of nitrogens with zero attached hydrogens (tertiary/aromatic N) is 2. The van der Waals surface area contributed by atoms with Gasteiger partial charge in [-0.3, -0.25) is 5.10 Å². The lowest BCUT2D eigenvalue weighted by Gasteiger charge is -2.32. The van der Waals surface area contributed by atoms with Crippen LogP contribution < -0.4 is 10.6 Å². The van der Waals surface area contributed by atoms with Crippen LogP contribution in [0.4, 0.5) is 0 Å². The number of aliphatic imine (C=N–C) groups is 1. The minimum atomic E-state index is 0.555. The summed E-state index contributed by atoms with van der Waals surface area (Å²) in [4.78, 5) is 4.63. The fraction of sp³-hybridized carbons (Fsp3) is 0.750. The van der Waals surface area contributed by atoms with Crippen molar-refractivity contribution in [1.82, 2.24) is 20.8 Å². The molecule has 0 bridgehead atoms. The third-order valence-electron chi connectivity index (χ3n) is 4.37. The molecule has 5 nitrogen and oxygen atoms in total. The van der Waals surface area contributed by atoms with Crippen LogP contribution in [0.1, 0.15) is 52.1 Å².